The quantitative estimate of drug-likeness (QED) is 0.826. The maximum atomic E-state index is 5.68. The maximum absolute atomic E-state index is 5.68. The summed E-state index contributed by atoms with van der Waals surface area (Å²) in [4.78, 5) is 4.19. The Labute approximate surface area is 93.8 Å². The Balaban J connectivity index is 2.73. The molecule has 1 aromatic rings. The Morgan fingerprint density at radius 2 is 2.00 bits per heavy atom. The Kier molecular flexibility index (Phi) is 3.93. The predicted molar refractivity (Wildman–Crippen MR) is 61.6 cm³/mol. The smallest absolute Gasteiger partial charge is 0.213 e. The molecule has 3 heteroatoms. The van der Waals surface area contributed by atoms with Gasteiger partial charge in [0.1, 0.15) is 0 Å². The van der Waals surface area contributed by atoms with E-state index in [-0.39, 0.29) is 6.10 Å². The van der Waals surface area contributed by atoms with E-state index in [1.807, 2.05) is 13.0 Å². The highest BCUT2D eigenvalue weighted by atomic mass is 79.9. The highest BCUT2D eigenvalue weighted by molar-refractivity contribution is 9.10. The van der Waals surface area contributed by atoms with E-state index < -0.39 is 0 Å². The van der Waals surface area contributed by atoms with Gasteiger partial charge >= 0.3 is 0 Å². The summed E-state index contributed by atoms with van der Waals surface area (Å²) in [7, 11) is 0. The summed E-state index contributed by atoms with van der Waals surface area (Å²) in [5.74, 6) is 1.20. The molecule has 1 heterocycles. The van der Waals surface area contributed by atoms with Crippen LogP contribution in [0, 0.1) is 12.8 Å². The number of rotatable bonds is 3. The molecule has 1 unspecified atom stereocenters. The molecule has 0 saturated carbocycles. The van der Waals surface area contributed by atoms with E-state index >= 15 is 0 Å². The number of nitrogens with zero attached hydrogens (tertiary/aromatic N) is 1. The van der Waals surface area contributed by atoms with Gasteiger partial charge in [-0.25, -0.2) is 4.98 Å². The average molecular weight is 258 g/mol. The van der Waals surface area contributed by atoms with E-state index in [0.29, 0.717) is 11.8 Å². The first kappa shape index (κ1) is 11.5. The summed E-state index contributed by atoms with van der Waals surface area (Å²) in [6.07, 6.45) is 1.97. The summed E-state index contributed by atoms with van der Waals surface area (Å²) in [6, 6.07) is 1.95. The Morgan fingerprint density at radius 1 is 1.36 bits per heavy atom. The molecule has 1 atom stereocenters. The fourth-order valence-electron chi connectivity index (χ4n) is 0.905. The predicted octanol–water partition coefficient (Wildman–Crippen LogP) is 3.58. The van der Waals surface area contributed by atoms with Crippen molar-refractivity contribution in [1.29, 1.82) is 0 Å². The topological polar surface area (TPSA) is 22.1 Å². The first-order valence-electron chi connectivity index (χ1n) is 4.79. The Hall–Kier alpha value is -0.570. The number of aromatic nitrogens is 1. The SMILES string of the molecule is Cc1cc(OC(C)C(C)C)ncc1Br. The first-order chi connectivity index (χ1) is 6.50. The van der Waals surface area contributed by atoms with Gasteiger partial charge in [-0.3, -0.25) is 0 Å². The zero-order valence-corrected chi connectivity index (χ0v) is 10.6. The normalized spacial score (nSPS) is 13.0. The summed E-state index contributed by atoms with van der Waals surface area (Å²) in [6.45, 7) is 8.36. The molecular formula is C11H16BrNO. The number of hydrogen-bond acceptors (Lipinski definition) is 2. The van der Waals surface area contributed by atoms with Gasteiger partial charge in [-0.1, -0.05) is 13.8 Å². The van der Waals surface area contributed by atoms with Crippen LogP contribution in [0.2, 0.25) is 0 Å². The van der Waals surface area contributed by atoms with Crippen molar-refractivity contribution in [2.75, 3.05) is 0 Å². The molecule has 2 nitrogen and oxygen atoms in total. The minimum Gasteiger partial charge on any atom is -0.474 e. The molecule has 0 aromatic carbocycles. The molecule has 1 aromatic heterocycles. The Morgan fingerprint density at radius 3 is 2.50 bits per heavy atom. The number of hydrogen-bond donors (Lipinski definition) is 0. The molecular weight excluding hydrogens is 242 g/mol. The van der Waals surface area contributed by atoms with Crippen molar-refractivity contribution in [1.82, 2.24) is 4.98 Å². The van der Waals surface area contributed by atoms with Crippen molar-refractivity contribution in [3.8, 4) is 5.88 Å². The fourth-order valence-corrected chi connectivity index (χ4v) is 1.12. The minimum atomic E-state index is 0.197. The van der Waals surface area contributed by atoms with E-state index in [4.69, 9.17) is 4.74 Å². The second-order valence-electron chi connectivity index (χ2n) is 3.84. The third-order valence-electron chi connectivity index (χ3n) is 2.27. The van der Waals surface area contributed by atoms with Crippen molar-refractivity contribution in [3.05, 3.63) is 22.3 Å². The molecule has 0 radical (unpaired) electrons. The molecule has 1 rings (SSSR count). The number of aryl methyl sites for hydroxylation is 1. The van der Waals surface area contributed by atoms with E-state index in [1.165, 1.54) is 0 Å². The van der Waals surface area contributed by atoms with Crippen LogP contribution in [-0.4, -0.2) is 11.1 Å². The number of pyridine rings is 1. The standard InChI is InChI=1S/C11H16BrNO/c1-7(2)9(4)14-11-5-8(3)10(12)6-13-11/h5-7,9H,1-4H3. The highest BCUT2D eigenvalue weighted by Crippen LogP contribution is 2.20. The van der Waals surface area contributed by atoms with Crippen LogP contribution in [0.15, 0.2) is 16.7 Å². The van der Waals surface area contributed by atoms with Crippen LogP contribution >= 0.6 is 15.9 Å². The largest absolute Gasteiger partial charge is 0.474 e. The molecule has 0 N–H and O–H groups in total. The molecule has 0 fully saturated rings. The third-order valence-corrected chi connectivity index (χ3v) is 3.10. The molecule has 0 aliphatic heterocycles. The van der Waals surface area contributed by atoms with Gasteiger partial charge in [-0.05, 0) is 41.3 Å². The van der Waals surface area contributed by atoms with Crippen LogP contribution in [0.4, 0.5) is 0 Å². The summed E-state index contributed by atoms with van der Waals surface area (Å²) >= 11 is 3.41. The molecule has 0 amide bonds. The van der Waals surface area contributed by atoms with Crippen molar-refractivity contribution >= 4 is 15.9 Å². The van der Waals surface area contributed by atoms with Crippen molar-refractivity contribution in [3.63, 3.8) is 0 Å². The van der Waals surface area contributed by atoms with Gasteiger partial charge in [0.15, 0.2) is 0 Å². The molecule has 78 valence electrons. The lowest BCUT2D eigenvalue weighted by Gasteiger charge is -2.17. The third kappa shape index (κ3) is 2.98. The van der Waals surface area contributed by atoms with Gasteiger partial charge in [0.25, 0.3) is 0 Å². The lowest BCUT2D eigenvalue weighted by Crippen LogP contribution is -2.19. The van der Waals surface area contributed by atoms with Crippen LogP contribution in [-0.2, 0) is 0 Å². The van der Waals surface area contributed by atoms with Crippen molar-refractivity contribution < 1.29 is 4.74 Å². The van der Waals surface area contributed by atoms with Crippen molar-refractivity contribution in [2.45, 2.75) is 33.8 Å². The monoisotopic (exact) mass is 257 g/mol. The molecule has 0 aliphatic rings. The van der Waals surface area contributed by atoms with E-state index in [2.05, 4.69) is 41.7 Å². The van der Waals surface area contributed by atoms with Crippen molar-refractivity contribution in [2.24, 2.45) is 5.92 Å². The minimum absolute atomic E-state index is 0.197. The van der Waals surface area contributed by atoms with Gasteiger partial charge in [0, 0.05) is 16.7 Å². The number of ether oxygens (including phenoxy) is 1. The van der Waals surface area contributed by atoms with Gasteiger partial charge in [-0.15, -0.1) is 0 Å². The second-order valence-corrected chi connectivity index (χ2v) is 4.69. The summed E-state index contributed by atoms with van der Waals surface area (Å²) in [5.41, 5.74) is 1.14. The van der Waals surface area contributed by atoms with Crippen LogP contribution in [0.25, 0.3) is 0 Å². The van der Waals surface area contributed by atoms with E-state index in [0.717, 1.165) is 10.0 Å². The molecule has 14 heavy (non-hydrogen) atoms. The van der Waals surface area contributed by atoms with E-state index in [1.54, 1.807) is 6.20 Å². The lowest BCUT2D eigenvalue weighted by molar-refractivity contribution is 0.163. The van der Waals surface area contributed by atoms with Gasteiger partial charge in [0.05, 0.1) is 6.10 Å². The molecule has 0 saturated heterocycles. The zero-order chi connectivity index (χ0) is 10.7. The maximum Gasteiger partial charge on any atom is 0.213 e. The highest BCUT2D eigenvalue weighted by Gasteiger charge is 2.09. The van der Waals surface area contributed by atoms with Crippen LogP contribution in [0.3, 0.4) is 0 Å². The van der Waals surface area contributed by atoms with Gasteiger partial charge < -0.3 is 4.74 Å². The lowest BCUT2D eigenvalue weighted by atomic mass is 10.1. The van der Waals surface area contributed by atoms with Crippen LogP contribution < -0.4 is 4.74 Å². The van der Waals surface area contributed by atoms with Gasteiger partial charge in [-0.2, -0.15) is 0 Å². The molecule has 0 bridgehead atoms. The second kappa shape index (κ2) is 4.78. The number of halogens is 1. The Bertz CT molecular complexity index is 312. The summed E-state index contributed by atoms with van der Waals surface area (Å²) < 4.78 is 6.70. The average Bonchev–Trinajstić information content (AvgIpc) is 2.11. The zero-order valence-electron chi connectivity index (χ0n) is 9.04. The van der Waals surface area contributed by atoms with E-state index in [9.17, 15) is 0 Å². The molecule has 0 aliphatic carbocycles. The van der Waals surface area contributed by atoms with Crippen LogP contribution in [0.5, 0.6) is 5.88 Å². The van der Waals surface area contributed by atoms with Crippen LogP contribution in [0.1, 0.15) is 26.3 Å². The summed E-state index contributed by atoms with van der Waals surface area (Å²) in [5, 5.41) is 0. The molecule has 0 spiro atoms. The fraction of sp³-hybridized carbons (Fsp3) is 0.545. The van der Waals surface area contributed by atoms with Gasteiger partial charge in [0.2, 0.25) is 5.88 Å². The first-order valence-corrected chi connectivity index (χ1v) is 5.59.